The summed E-state index contributed by atoms with van der Waals surface area (Å²) in [5, 5.41) is 8.92. The Balaban J connectivity index is 1.90. The van der Waals surface area contributed by atoms with E-state index in [1.165, 1.54) is 0 Å². The smallest absolute Gasteiger partial charge is 0.208 e. The van der Waals surface area contributed by atoms with Crippen LogP contribution in [0.5, 0.6) is 0 Å². The topological polar surface area (TPSA) is 58.3 Å². The predicted octanol–water partition coefficient (Wildman–Crippen LogP) is 0.335. The molecule has 1 aromatic rings. The Kier molecular flexibility index (Phi) is 3.67. The maximum atomic E-state index is 5.65. The lowest BCUT2D eigenvalue weighted by Gasteiger charge is -2.37. The molecule has 0 bridgehead atoms. The van der Waals surface area contributed by atoms with Crippen LogP contribution in [0.25, 0.3) is 0 Å². The summed E-state index contributed by atoms with van der Waals surface area (Å²) in [6.07, 6.45) is 0. The summed E-state index contributed by atoms with van der Waals surface area (Å²) in [6.45, 7) is 5.92. The summed E-state index contributed by atoms with van der Waals surface area (Å²) < 4.78 is 0. The Morgan fingerprint density at radius 2 is 2.19 bits per heavy atom. The van der Waals surface area contributed by atoms with Gasteiger partial charge in [-0.3, -0.25) is 4.90 Å². The summed E-state index contributed by atoms with van der Waals surface area (Å²) in [7, 11) is 0. The van der Waals surface area contributed by atoms with Gasteiger partial charge in [-0.1, -0.05) is 23.6 Å². The van der Waals surface area contributed by atoms with Gasteiger partial charge in [-0.05, 0) is 6.92 Å². The highest BCUT2D eigenvalue weighted by atomic mass is 32.1. The van der Waals surface area contributed by atoms with Gasteiger partial charge in [-0.2, -0.15) is 0 Å². The van der Waals surface area contributed by atoms with E-state index in [2.05, 4.69) is 26.9 Å². The van der Waals surface area contributed by atoms with E-state index < -0.39 is 0 Å². The minimum Gasteiger partial charge on any atom is -0.392 e. The molecule has 0 radical (unpaired) electrons. The SMILES string of the molecule is CC(C(N)=S)N1CCN(c2nncs2)CC1. The van der Waals surface area contributed by atoms with Gasteiger partial charge in [0.2, 0.25) is 5.13 Å². The van der Waals surface area contributed by atoms with Gasteiger partial charge in [0, 0.05) is 26.2 Å². The number of nitrogens with two attached hydrogens (primary N) is 1. The average molecular weight is 257 g/mol. The zero-order valence-corrected chi connectivity index (χ0v) is 10.8. The molecule has 1 saturated heterocycles. The molecule has 16 heavy (non-hydrogen) atoms. The molecular weight excluding hydrogens is 242 g/mol. The number of piperazine rings is 1. The van der Waals surface area contributed by atoms with Crippen LogP contribution in [0.15, 0.2) is 5.51 Å². The molecule has 0 aliphatic carbocycles. The van der Waals surface area contributed by atoms with Gasteiger partial charge in [-0.25, -0.2) is 0 Å². The number of nitrogens with zero attached hydrogens (tertiary/aromatic N) is 4. The third kappa shape index (κ3) is 2.47. The molecule has 1 unspecified atom stereocenters. The molecule has 2 rings (SSSR count). The molecule has 1 aliphatic rings. The Bertz CT molecular complexity index is 345. The van der Waals surface area contributed by atoms with E-state index in [1.54, 1.807) is 16.8 Å². The second-order valence-electron chi connectivity index (χ2n) is 3.82. The van der Waals surface area contributed by atoms with Crippen LogP contribution in [-0.2, 0) is 0 Å². The van der Waals surface area contributed by atoms with Crippen molar-refractivity contribution in [2.24, 2.45) is 5.73 Å². The highest BCUT2D eigenvalue weighted by molar-refractivity contribution is 7.80. The van der Waals surface area contributed by atoms with E-state index in [9.17, 15) is 0 Å². The number of hydrogen-bond acceptors (Lipinski definition) is 6. The van der Waals surface area contributed by atoms with Crippen molar-refractivity contribution in [1.82, 2.24) is 15.1 Å². The van der Waals surface area contributed by atoms with Crippen LogP contribution in [0.1, 0.15) is 6.92 Å². The first-order chi connectivity index (χ1) is 7.68. The standard InChI is InChI=1S/C9H15N5S2/c1-7(8(10)15)13-2-4-14(5-3-13)9-12-11-6-16-9/h6-7H,2-5H2,1H3,(H2,10,15). The summed E-state index contributed by atoms with van der Waals surface area (Å²) in [6, 6.07) is 0.187. The van der Waals surface area contributed by atoms with Crippen molar-refractivity contribution < 1.29 is 0 Å². The van der Waals surface area contributed by atoms with Crippen molar-refractivity contribution in [2.45, 2.75) is 13.0 Å². The van der Waals surface area contributed by atoms with Crippen molar-refractivity contribution >= 4 is 33.7 Å². The monoisotopic (exact) mass is 257 g/mol. The lowest BCUT2D eigenvalue weighted by molar-refractivity contribution is 0.239. The van der Waals surface area contributed by atoms with Crippen LogP contribution in [-0.4, -0.2) is 52.3 Å². The zero-order valence-electron chi connectivity index (χ0n) is 9.17. The van der Waals surface area contributed by atoms with Crippen molar-refractivity contribution in [2.75, 3.05) is 31.1 Å². The maximum Gasteiger partial charge on any atom is 0.208 e. The molecule has 0 aromatic carbocycles. The van der Waals surface area contributed by atoms with E-state index in [0.717, 1.165) is 31.3 Å². The molecule has 1 aliphatic heterocycles. The van der Waals surface area contributed by atoms with Crippen LogP contribution in [0.3, 0.4) is 0 Å². The second kappa shape index (κ2) is 5.03. The lowest BCUT2D eigenvalue weighted by atomic mass is 10.2. The van der Waals surface area contributed by atoms with Gasteiger partial charge in [0.05, 0.1) is 11.0 Å². The number of rotatable bonds is 3. The van der Waals surface area contributed by atoms with Gasteiger partial charge < -0.3 is 10.6 Å². The quantitative estimate of drug-likeness (QED) is 0.788. The fourth-order valence-corrected chi connectivity index (χ4v) is 2.55. The molecular formula is C9H15N5S2. The Morgan fingerprint density at radius 1 is 1.50 bits per heavy atom. The average Bonchev–Trinajstić information content (AvgIpc) is 2.81. The van der Waals surface area contributed by atoms with Crippen LogP contribution < -0.4 is 10.6 Å². The first-order valence-electron chi connectivity index (χ1n) is 5.23. The van der Waals surface area contributed by atoms with E-state index in [-0.39, 0.29) is 6.04 Å². The van der Waals surface area contributed by atoms with E-state index in [1.807, 2.05) is 0 Å². The first-order valence-corrected chi connectivity index (χ1v) is 6.52. The van der Waals surface area contributed by atoms with Crippen LogP contribution in [0.2, 0.25) is 0 Å². The molecule has 7 heteroatoms. The van der Waals surface area contributed by atoms with Gasteiger partial charge >= 0.3 is 0 Å². The summed E-state index contributed by atoms with van der Waals surface area (Å²) in [5.41, 5.74) is 7.42. The van der Waals surface area contributed by atoms with E-state index >= 15 is 0 Å². The molecule has 0 spiro atoms. The fraction of sp³-hybridized carbons (Fsp3) is 0.667. The molecule has 1 atom stereocenters. The number of aromatic nitrogens is 2. The fourth-order valence-electron chi connectivity index (χ4n) is 1.79. The maximum absolute atomic E-state index is 5.65. The molecule has 0 saturated carbocycles. The minimum atomic E-state index is 0.187. The minimum absolute atomic E-state index is 0.187. The van der Waals surface area contributed by atoms with E-state index in [4.69, 9.17) is 18.0 Å². The third-order valence-electron chi connectivity index (χ3n) is 2.89. The largest absolute Gasteiger partial charge is 0.392 e. The number of anilines is 1. The second-order valence-corrected chi connectivity index (χ2v) is 5.11. The Labute approximate surface area is 104 Å². The van der Waals surface area contributed by atoms with Gasteiger partial charge in [0.15, 0.2) is 0 Å². The van der Waals surface area contributed by atoms with Crippen molar-refractivity contribution in [3.05, 3.63) is 5.51 Å². The van der Waals surface area contributed by atoms with Crippen molar-refractivity contribution in [3.8, 4) is 0 Å². The lowest BCUT2D eigenvalue weighted by Crippen LogP contribution is -2.52. The van der Waals surface area contributed by atoms with Crippen molar-refractivity contribution in [1.29, 1.82) is 0 Å². The third-order valence-corrected chi connectivity index (χ3v) is 3.98. The van der Waals surface area contributed by atoms with Gasteiger partial charge in [0.1, 0.15) is 5.51 Å². The Hall–Kier alpha value is -0.790. The number of hydrogen-bond donors (Lipinski definition) is 1. The van der Waals surface area contributed by atoms with Crippen molar-refractivity contribution in [3.63, 3.8) is 0 Å². The number of thiocarbonyl (C=S) groups is 1. The summed E-state index contributed by atoms with van der Waals surface area (Å²) in [5.74, 6) is 0. The molecule has 2 N–H and O–H groups in total. The molecule has 2 heterocycles. The van der Waals surface area contributed by atoms with Crippen LogP contribution >= 0.6 is 23.6 Å². The predicted molar refractivity (Wildman–Crippen MR) is 69.9 cm³/mol. The van der Waals surface area contributed by atoms with Crippen LogP contribution in [0, 0.1) is 0 Å². The highest BCUT2D eigenvalue weighted by Crippen LogP contribution is 2.18. The molecule has 1 fully saturated rings. The normalized spacial score (nSPS) is 19.7. The first kappa shape index (κ1) is 11.7. The molecule has 5 nitrogen and oxygen atoms in total. The van der Waals surface area contributed by atoms with Gasteiger partial charge in [-0.15, -0.1) is 10.2 Å². The molecule has 88 valence electrons. The zero-order chi connectivity index (χ0) is 11.5. The summed E-state index contributed by atoms with van der Waals surface area (Å²) >= 11 is 6.59. The molecule has 1 aromatic heterocycles. The highest BCUT2D eigenvalue weighted by Gasteiger charge is 2.23. The van der Waals surface area contributed by atoms with Gasteiger partial charge in [0.25, 0.3) is 0 Å². The summed E-state index contributed by atoms with van der Waals surface area (Å²) in [4.78, 5) is 5.13. The molecule has 0 amide bonds. The van der Waals surface area contributed by atoms with Crippen LogP contribution in [0.4, 0.5) is 5.13 Å². The Morgan fingerprint density at radius 3 is 2.69 bits per heavy atom. The van der Waals surface area contributed by atoms with E-state index in [0.29, 0.717) is 4.99 Å².